The number of halogens is 1. The minimum Gasteiger partial charge on any atom is -0.352 e. The Labute approximate surface area is 236 Å². The fourth-order valence-corrected chi connectivity index (χ4v) is 5.77. The Morgan fingerprint density at radius 3 is 2.13 bits per heavy atom. The molecule has 9 heteroatoms. The molecular formula is C30H36ClN3O4S. The van der Waals surface area contributed by atoms with Gasteiger partial charge in [0.2, 0.25) is 11.8 Å². The van der Waals surface area contributed by atoms with E-state index in [0.717, 1.165) is 21.0 Å². The molecule has 1 atom stereocenters. The number of aryl methyl sites for hydroxylation is 2. The molecule has 7 nitrogen and oxygen atoms in total. The Hall–Kier alpha value is -3.36. The van der Waals surface area contributed by atoms with Crippen LogP contribution in [0, 0.1) is 13.8 Å². The Morgan fingerprint density at radius 1 is 0.923 bits per heavy atom. The van der Waals surface area contributed by atoms with Gasteiger partial charge in [-0.2, -0.15) is 0 Å². The number of sulfonamides is 1. The van der Waals surface area contributed by atoms with Crippen LogP contribution < -0.4 is 9.62 Å². The van der Waals surface area contributed by atoms with Crippen molar-refractivity contribution in [2.45, 2.75) is 64.6 Å². The first-order valence-electron chi connectivity index (χ1n) is 12.9. The van der Waals surface area contributed by atoms with Gasteiger partial charge in [-0.1, -0.05) is 60.5 Å². The zero-order chi connectivity index (χ0) is 28.7. The summed E-state index contributed by atoms with van der Waals surface area (Å²) in [6.07, 6.45) is 0.366. The minimum absolute atomic E-state index is 0.0101. The van der Waals surface area contributed by atoms with Gasteiger partial charge in [-0.25, -0.2) is 8.42 Å². The lowest BCUT2D eigenvalue weighted by Crippen LogP contribution is -2.53. The van der Waals surface area contributed by atoms with Gasteiger partial charge >= 0.3 is 0 Å². The molecule has 3 aromatic rings. The van der Waals surface area contributed by atoms with Gasteiger partial charge in [0.1, 0.15) is 12.6 Å². The van der Waals surface area contributed by atoms with Crippen molar-refractivity contribution in [3.8, 4) is 0 Å². The lowest BCUT2D eigenvalue weighted by atomic mass is 10.1. The molecule has 0 radical (unpaired) electrons. The summed E-state index contributed by atoms with van der Waals surface area (Å²) < 4.78 is 28.8. The van der Waals surface area contributed by atoms with Crippen molar-refractivity contribution in [1.82, 2.24) is 10.2 Å². The molecule has 0 aromatic heterocycles. The highest BCUT2D eigenvalue weighted by atomic mass is 35.5. The van der Waals surface area contributed by atoms with E-state index in [1.165, 1.54) is 29.2 Å². The fraction of sp³-hybridized carbons (Fsp3) is 0.333. The average Bonchev–Trinajstić information content (AvgIpc) is 2.88. The Kier molecular flexibility index (Phi) is 10.2. The molecule has 0 fully saturated rings. The third-order valence-electron chi connectivity index (χ3n) is 6.26. The van der Waals surface area contributed by atoms with Crippen LogP contribution in [0.25, 0.3) is 0 Å². The molecule has 208 valence electrons. The van der Waals surface area contributed by atoms with E-state index in [4.69, 9.17) is 11.6 Å². The van der Waals surface area contributed by atoms with Crippen LogP contribution in [0.2, 0.25) is 5.02 Å². The Morgan fingerprint density at radius 2 is 1.56 bits per heavy atom. The highest BCUT2D eigenvalue weighted by Gasteiger charge is 2.33. The quantitative estimate of drug-likeness (QED) is 0.331. The third kappa shape index (κ3) is 7.83. The molecular weight excluding hydrogens is 534 g/mol. The average molecular weight is 570 g/mol. The molecule has 2 amide bonds. The number of hydrogen-bond acceptors (Lipinski definition) is 4. The van der Waals surface area contributed by atoms with Crippen LogP contribution in [0.4, 0.5) is 5.69 Å². The van der Waals surface area contributed by atoms with Crippen LogP contribution in [0.3, 0.4) is 0 Å². The molecule has 1 unspecified atom stereocenters. The number of nitrogens with one attached hydrogen (secondary N) is 1. The minimum atomic E-state index is -4.14. The van der Waals surface area contributed by atoms with Crippen LogP contribution >= 0.6 is 11.6 Å². The molecule has 1 N–H and O–H groups in total. The number of hydrogen-bond donors (Lipinski definition) is 1. The molecule has 39 heavy (non-hydrogen) atoms. The standard InChI is InChI=1S/C30H36ClN3O4S/c1-6-28(30(36)32-21(2)3)33(19-24-12-10-22(4)11-13-24)29(35)20-34(26-9-7-8-23(5)18-26)39(37,38)27-16-14-25(31)15-17-27/h7-18,21,28H,6,19-20H2,1-5H3,(H,32,36). The summed E-state index contributed by atoms with van der Waals surface area (Å²) in [5.74, 6) is -0.768. The van der Waals surface area contributed by atoms with Gasteiger partial charge < -0.3 is 10.2 Å². The predicted molar refractivity (Wildman–Crippen MR) is 156 cm³/mol. The van der Waals surface area contributed by atoms with E-state index < -0.39 is 28.5 Å². The molecule has 0 saturated heterocycles. The lowest BCUT2D eigenvalue weighted by Gasteiger charge is -2.33. The van der Waals surface area contributed by atoms with Crippen LogP contribution in [0.15, 0.2) is 77.7 Å². The molecule has 0 saturated carbocycles. The molecule has 0 aliphatic carbocycles. The van der Waals surface area contributed by atoms with Crippen molar-refractivity contribution in [3.05, 3.63) is 94.5 Å². The summed E-state index contributed by atoms with van der Waals surface area (Å²) in [7, 11) is -4.14. The van der Waals surface area contributed by atoms with E-state index in [-0.39, 0.29) is 23.4 Å². The van der Waals surface area contributed by atoms with Crippen LogP contribution in [-0.2, 0) is 26.2 Å². The zero-order valence-corrected chi connectivity index (χ0v) is 24.6. The maximum absolute atomic E-state index is 14.0. The van der Waals surface area contributed by atoms with E-state index in [2.05, 4.69) is 5.32 Å². The first kappa shape index (κ1) is 30.2. The van der Waals surface area contributed by atoms with E-state index in [0.29, 0.717) is 17.1 Å². The summed E-state index contributed by atoms with van der Waals surface area (Å²) in [5, 5.41) is 3.30. The Bertz CT molecular complexity index is 1390. The monoisotopic (exact) mass is 569 g/mol. The van der Waals surface area contributed by atoms with Gasteiger partial charge in [0.15, 0.2) is 0 Å². The summed E-state index contributed by atoms with van der Waals surface area (Å²) in [6.45, 7) is 9.05. The number of anilines is 1. The van der Waals surface area contributed by atoms with Crippen molar-refractivity contribution >= 4 is 39.1 Å². The van der Waals surface area contributed by atoms with Crippen molar-refractivity contribution in [1.29, 1.82) is 0 Å². The van der Waals surface area contributed by atoms with Gasteiger partial charge in [0, 0.05) is 17.6 Å². The number of rotatable bonds is 11. The molecule has 3 aromatic carbocycles. The van der Waals surface area contributed by atoms with Crippen LogP contribution in [-0.4, -0.2) is 43.8 Å². The van der Waals surface area contributed by atoms with E-state index >= 15 is 0 Å². The van der Waals surface area contributed by atoms with Gasteiger partial charge in [-0.15, -0.1) is 0 Å². The SMILES string of the molecule is CCC(C(=O)NC(C)C)N(Cc1ccc(C)cc1)C(=O)CN(c1cccc(C)c1)S(=O)(=O)c1ccc(Cl)cc1. The summed E-state index contributed by atoms with van der Waals surface area (Å²) in [6, 6.07) is 19.6. The number of carbonyl (C=O) groups is 2. The second-order valence-electron chi connectivity index (χ2n) is 9.90. The summed E-state index contributed by atoms with van der Waals surface area (Å²) in [5.41, 5.74) is 3.11. The molecule has 0 heterocycles. The van der Waals surface area contributed by atoms with Crippen LogP contribution in [0.5, 0.6) is 0 Å². The Balaban J connectivity index is 2.06. The summed E-state index contributed by atoms with van der Waals surface area (Å²) >= 11 is 6.00. The largest absolute Gasteiger partial charge is 0.352 e. The van der Waals surface area contributed by atoms with Gasteiger partial charge in [0.05, 0.1) is 10.6 Å². The second-order valence-corrected chi connectivity index (χ2v) is 12.2. The van der Waals surface area contributed by atoms with Crippen molar-refractivity contribution < 1.29 is 18.0 Å². The number of benzene rings is 3. The molecule has 0 aliphatic heterocycles. The fourth-order valence-electron chi connectivity index (χ4n) is 4.24. The van der Waals surface area contributed by atoms with Crippen LogP contribution in [0.1, 0.15) is 43.9 Å². The van der Waals surface area contributed by atoms with Crippen molar-refractivity contribution in [2.75, 3.05) is 10.8 Å². The summed E-state index contributed by atoms with van der Waals surface area (Å²) in [4.78, 5) is 28.7. The van der Waals surface area contributed by atoms with E-state index in [1.807, 2.05) is 65.0 Å². The molecule has 3 rings (SSSR count). The number of amides is 2. The second kappa shape index (κ2) is 13.1. The van der Waals surface area contributed by atoms with E-state index in [9.17, 15) is 18.0 Å². The first-order chi connectivity index (χ1) is 18.4. The highest BCUT2D eigenvalue weighted by Crippen LogP contribution is 2.26. The van der Waals surface area contributed by atoms with E-state index in [1.54, 1.807) is 18.2 Å². The van der Waals surface area contributed by atoms with Crippen molar-refractivity contribution in [3.63, 3.8) is 0 Å². The normalized spacial score (nSPS) is 12.2. The molecule has 0 bridgehead atoms. The molecule has 0 aliphatic rings. The number of nitrogens with zero attached hydrogens (tertiary/aromatic N) is 2. The topological polar surface area (TPSA) is 86.8 Å². The third-order valence-corrected chi connectivity index (χ3v) is 8.30. The maximum atomic E-state index is 14.0. The number of carbonyl (C=O) groups excluding carboxylic acids is 2. The zero-order valence-electron chi connectivity index (χ0n) is 23.0. The first-order valence-corrected chi connectivity index (χ1v) is 14.7. The molecule has 0 spiro atoms. The highest BCUT2D eigenvalue weighted by molar-refractivity contribution is 7.92. The van der Waals surface area contributed by atoms with Crippen molar-refractivity contribution in [2.24, 2.45) is 0 Å². The van der Waals surface area contributed by atoms with Gasteiger partial charge in [-0.05, 0) is 81.6 Å². The smallest absolute Gasteiger partial charge is 0.264 e. The van der Waals surface area contributed by atoms with Gasteiger partial charge in [-0.3, -0.25) is 13.9 Å². The predicted octanol–water partition coefficient (Wildman–Crippen LogP) is 5.48. The van der Waals surface area contributed by atoms with Gasteiger partial charge in [0.25, 0.3) is 10.0 Å². The lowest BCUT2D eigenvalue weighted by molar-refractivity contribution is -0.140. The maximum Gasteiger partial charge on any atom is 0.264 e.